The zero-order chi connectivity index (χ0) is 17.8. The zero-order valence-electron chi connectivity index (χ0n) is 13.3. The number of hydrogen-bond donors (Lipinski definition) is 1. The molecule has 1 aliphatic rings. The van der Waals surface area contributed by atoms with E-state index in [1.807, 2.05) is 0 Å². The SMILES string of the molecule is COc1ncc(C(=O)Nc2cc(Cl)nc(Cl)c2)cc1OC1CCOC1. The number of methoxy groups -OCH3 is 1. The summed E-state index contributed by atoms with van der Waals surface area (Å²) < 4.78 is 16.3. The van der Waals surface area contributed by atoms with Gasteiger partial charge in [0.25, 0.3) is 11.8 Å². The van der Waals surface area contributed by atoms with E-state index in [4.69, 9.17) is 37.4 Å². The maximum Gasteiger partial charge on any atom is 0.257 e. The van der Waals surface area contributed by atoms with E-state index in [0.29, 0.717) is 36.1 Å². The molecule has 7 nitrogen and oxygen atoms in total. The Morgan fingerprint density at radius 2 is 2.08 bits per heavy atom. The number of nitrogens with zero attached hydrogens (tertiary/aromatic N) is 2. The average Bonchev–Trinajstić information content (AvgIpc) is 3.06. The Bertz CT molecular complexity index is 762. The monoisotopic (exact) mass is 383 g/mol. The van der Waals surface area contributed by atoms with E-state index >= 15 is 0 Å². The first-order chi connectivity index (χ1) is 12.0. The van der Waals surface area contributed by atoms with Gasteiger partial charge in [-0.15, -0.1) is 0 Å². The largest absolute Gasteiger partial charge is 0.482 e. The van der Waals surface area contributed by atoms with Gasteiger partial charge in [0.05, 0.1) is 25.9 Å². The van der Waals surface area contributed by atoms with Crippen molar-refractivity contribution in [2.75, 3.05) is 25.6 Å². The lowest BCUT2D eigenvalue weighted by molar-refractivity contribution is 0.102. The molecule has 1 N–H and O–H groups in total. The van der Waals surface area contributed by atoms with E-state index in [1.54, 1.807) is 6.07 Å². The number of anilines is 1. The van der Waals surface area contributed by atoms with Crippen molar-refractivity contribution in [3.05, 3.63) is 40.3 Å². The predicted molar refractivity (Wildman–Crippen MR) is 92.9 cm³/mol. The van der Waals surface area contributed by atoms with Gasteiger partial charge in [0.1, 0.15) is 16.4 Å². The molecule has 1 unspecified atom stereocenters. The van der Waals surface area contributed by atoms with Gasteiger partial charge in [0, 0.05) is 24.4 Å². The van der Waals surface area contributed by atoms with Crippen molar-refractivity contribution in [3.8, 4) is 11.6 Å². The Hall–Kier alpha value is -2.09. The Morgan fingerprint density at radius 3 is 2.72 bits per heavy atom. The minimum Gasteiger partial charge on any atom is -0.482 e. The fourth-order valence-corrected chi connectivity index (χ4v) is 2.78. The highest BCUT2D eigenvalue weighted by Crippen LogP contribution is 2.28. The third kappa shape index (κ3) is 4.50. The lowest BCUT2D eigenvalue weighted by Crippen LogP contribution is -2.18. The molecule has 2 aromatic heterocycles. The van der Waals surface area contributed by atoms with Gasteiger partial charge < -0.3 is 19.5 Å². The summed E-state index contributed by atoms with van der Waals surface area (Å²) in [6, 6.07) is 4.56. The highest BCUT2D eigenvalue weighted by molar-refractivity contribution is 6.33. The smallest absolute Gasteiger partial charge is 0.257 e. The molecule has 0 aromatic carbocycles. The van der Waals surface area contributed by atoms with Crippen LogP contribution in [0.1, 0.15) is 16.8 Å². The number of ether oxygens (including phenoxy) is 3. The van der Waals surface area contributed by atoms with Gasteiger partial charge in [0.2, 0.25) is 0 Å². The standard InChI is InChI=1S/C16H15Cl2N3O4/c1-23-16-12(25-11-2-3-24-8-11)4-9(7-19-16)15(22)20-10-5-13(17)21-14(18)6-10/h4-7,11H,2-3,8H2,1H3,(H,20,21,22). The summed E-state index contributed by atoms with van der Waals surface area (Å²) in [6.07, 6.45) is 2.08. The van der Waals surface area contributed by atoms with Gasteiger partial charge in [0.15, 0.2) is 5.75 Å². The number of rotatable bonds is 5. The predicted octanol–water partition coefficient (Wildman–Crippen LogP) is 3.21. The third-order valence-corrected chi connectivity index (χ3v) is 3.86. The Balaban J connectivity index is 1.79. The number of amides is 1. The summed E-state index contributed by atoms with van der Waals surface area (Å²) in [6.45, 7) is 1.14. The van der Waals surface area contributed by atoms with E-state index in [9.17, 15) is 4.79 Å². The molecule has 2 aromatic rings. The molecule has 1 aliphatic heterocycles. The van der Waals surface area contributed by atoms with Crippen LogP contribution in [0, 0.1) is 0 Å². The Morgan fingerprint density at radius 1 is 1.32 bits per heavy atom. The molecule has 1 saturated heterocycles. The zero-order valence-corrected chi connectivity index (χ0v) is 14.8. The highest BCUT2D eigenvalue weighted by Gasteiger charge is 2.21. The molecular formula is C16H15Cl2N3O4. The van der Waals surface area contributed by atoms with Crippen LogP contribution in [0.3, 0.4) is 0 Å². The van der Waals surface area contributed by atoms with Crippen LogP contribution in [0.15, 0.2) is 24.4 Å². The van der Waals surface area contributed by atoms with Crippen LogP contribution in [0.2, 0.25) is 10.3 Å². The molecule has 1 amide bonds. The van der Waals surface area contributed by atoms with Crippen molar-refractivity contribution in [1.29, 1.82) is 0 Å². The second-order valence-electron chi connectivity index (χ2n) is 5.29. The Labute approximate surface area is 154 Å². The van der Waals surface area contributed by atoms with Crippen molar-refractivity contribution in [1.82, 2.24) is 9.97 Å². The molecule has 3 rings (SSSR count). The van der Waals surface area contributed by atoms with Gasteiger partial charge in [-0.25, -0.2) is 9.97 Å². The first-order valence-corrected chi connectivity index (χ1v) is 8.23. The van der Waals surface area contributed by atoms with Crippen molar-refractivity contribution < 1.29 is 19.0 Å². The summed E-state index contributed by atoms with van der Waals surface area (Å²) in [5.41, 5.74) is 0.733. The van der Waals surface area contributed by atoms with Gasteiger partial charge in [-0.2, -0.15) is 0 Å². The lowest BCUT2D eigenvalue weighted by atomic mass is 10.2. The van der Waals surface area contributed by atoms with Gasteiger partial charge >= 0.3 is 0 Å². The van der Waals surface area contributed by atoms with E-state index in [1.165, 1.54) is 25.4 Å². The number of hydrogen-bond acceptors (Lipinski definition) is 6. The second kappa shape index (κ2) is 7.86. The van der Waals surface area contributed by atoms with Crippen LogP contribution in [-0.4, -0.2) is 42.3 Å². The number of carbonyl (C=O) groups excluding carboxylic acids is 1. The highest BCUT2D eigenvalue weighted by atomic mass is 35.5. The van der Waals surface area contributed by atoms with E-state index < -0.39 is 0 Å². The first kappa shape index (κ1) is 17.7. The minimum atomic E-state index is -0.388. The quantitative estimate of drug-likeness (QED) is 0.798. The summed E-state index contributed by atoms with van der Waals surface area (Å²) in [4.78, 5) is 20.4. The summed E-state index contributed by atoms with van der Waals surface area (Å²) in [7, 11) is 1.49. The van der Waals surface area contributed by atoms with Gasteiger partial charge in [-0.3, -0.25) is 4.79 Å². The molecule has 132 valence electrons. The molecule has 0 radical (unpaired) electrons. The molecule has 9 heteroatoms. The van der Waals surface area contributed by atoms with E-state index in [-0.39, 0.29) is 22.3 Å². The average molecular weight is 384 g/mol. The number of halogens is 2. The fraction of sp³-hybridized carbons (Fsp3) is 0.312. The van der Waals surface area contributed by atoms with Crippen LogP contribution in [0.4, 0.5) is 5.69 Å². The molecule has 3 heterocycles. The molecule has 0 bridgehead atoms. The third-order valence-electron chi connectivity index (χ3n) is 3.48. The number of pyridine rings is 2. The lowest BCUT2D eigenvalue weighted by Gasteiger charge is -2.15. The van der Waals surface area contributed by atoms with E-state index in [0.717, 1.165) is 6.42 Å². The summed E-state index contributed by atoms with van der Waals surface area (Å²) >= 11 is 11.7. The van der Waals surface area contributed by atoms with Gasteiger partial charge in [-0.1, -0.05) is 23.2 Å². The topological polar surface area (TPSA) is 82.6 Å². The second-order valence-corrected chi connectivity index (χ2v) is 6.06. The van der Waals surface area contributed by atoms with Crippen molar-refractivity contribution in [2.45, 2.75) is 12.5 Å². The van der Waals surface area contributed by atoms with Gasteiger partial charge in [-0.05, 0) is 12.1 Å². The normalized spacial score (nSPS) is 16.5. The van der Waals surface area contributed by atoms with E-state index in [2.05, 4.69) is 15.3 Å². The van der Waals surface area contributed by atoms with Crippen molar-refractivity contribution in [3.63, 3.8) is 0 Å². The number of aromatic nitrogens is 2. The maximum atomic E-state index is 12.4. The van der Waals surface area contributed by atoms with Crippen molar-refractivity contribution >= 4 is 34.8 Å². The number of nitrogens with one attached hydrogen (secondary N) is 1. The summed E-state index contributed by atoms with van der Waals surface area (Å²) in [5.74, 6) is 0.302. The van der Waals surface area contributed by atoms with Crippen LogP contribution < -0.4 is 14.8 Å². The molecule has 1 atom stereocenters. The molecular weight excluding hydrogens is 369 g/mol. The molecule has 0 aliphatic carbocycles. The molecule has 0 saturated carbocycles. The van der Waals surface area contributed by atoms with Crippen LogP contribution in [0.5, 0.6) is 11.6 Å². The molecule has 0 spiro atoms. The minimum absolute atomic E-state index is 0.0909. The van der Waals surface area contributed by atoms with Crippen LogP contribution in [-0.2, 0) is 4.74 Å². The fourth-order valence-electron chi connectivity index (χ4n) is 2.32. The van der Waals surface area contributed by atoms with Crippen molar-refractivity contribution in [2.24, 2.45) is 0 Å². The summed E-state index contributed by atoms with van der Waals surface area (Å²) in [5, 5.41) is 3.05. The number of carbonyl (C=O) groups is 1. The van der Waals surface area contributed by atoms with Crippen LogP contribution >= 0.6 is 23.2 Å². The first-order valence-electron chi connectivity index (χ1n) is 7.48. The Kier molecular flexibility index (Phi) is 5.57. The molecule has 25 heavy (non-hydrogen) atoms. The van der Waals surface area contributed by atoms with Crippen LogP contribution in [0.25, 0.3) is 0 Å². The molecule has 1 fully saturated rings. The maximum absolute atomic E-state index is 12.4.